The maximum atomic E-state index is 14.4. The van der Waals surface area contributed by atoms with Gasteiger partial charge in [-0.1, -0.05) is 20.8 Å². The molecule has 5 heteroatoms. The highest BCUT2D eigenvalue weighted by atomic mass is 19.1. The van der Waals surface area contributed by atoms with E-state index in [2.05, 4.69) is 30.7 Å². The first-order valence-electron chi connectivity index (χ1n) is 9.18. The molecule has 1 aromatic carbocycles. The highest BCUT2D eigenvalue weighted by Gasteiger charge is 2.14. The fourth-order valence-electron chi connectivity index (χ4n) is 3.40. The lowest BCUT2D eigenvalue weighted by molar-refractivity contribution is 0.230. The molecule has 2 heterocycles. The third-order valence-electron chi connectivity index (χ3n) is 4.48. The molecule has 0 bridgehead atoms. The smallest absolute Gasteiger partial charge is 0.216 e. The summed E-state index contributed by atoms with van der Waals surface area (Å²) in [6.45, 7) is 9.07. The van der Waals surface area contributed by atoms with Gasteiger partial charge in [0, 0.05) is 41.0 Å². The fourth-order valence-corrected chi connectivity index (χ4v) is 3.40. The summed E-state index contributed by atoms with van der Waals surface area (Å²) in [4.78, 5) is 8.50. The number of hydrogen-bond acceptors (Lipinski definition) is 3. The standard InChI is InChI=1S/C22H24F2N2O/c1-13(2)7-14(3)12-27-22-15(4)8-16(11-26-22)18-5-6-25-20-10-17(23)9-19(24)21(18)20/h5-6,8-11,13-14H,7,12H2,1-4H3/t14-/m0/s1. The van der Waals surface area contributed by atoms with Gasteiger partial charge in [0.15, 0.2) is 0 Å². The second-order valence-electron chi connectivity index (χ2n) is 7.53. The van der Waals surface area contributed by atoms with Crippen molar-refractivity contribution in [2.45, 2.75) is 34.1 Å². The molecule has 0 radical (unpaired) electrons. The number of hydrogen-bond donors (Lipinski definition) is 0. The van der Waals surface area contributed by atoms with Crippen molar-refractivity contribution in [2.75, 3.05) is 6.61 Å². The van der Waals surface area contributed by atoms with Crippen LogP contribution in [0, 0.1) is 30.4 Å². The molecule has 0 N–H and O–H groups in total. The number of fused-ring (bicyclic) bond motifs is 1. The van der Waals surface area contributed by atoms with Crippen molar-refractivity contribution in [1.29, 1.82) is 0 Å². The maximum Gasteiger partial charge on any atom is 0.216 e. The first kappa shape index (κ1) is 19.2. The zero-order chi connectivity index (χ0) is 19.6. The largest absolute Gasteiger partial charge is 0.477 e. The Balaban J connectivity index is 1.89. The van der Waals surface area contributed by atoms with Crippen molar-refractivity contribution < 1.29 is 13.5 Å². The summed E-state index contributed by atoms with van der Waals surface area (Å²) < 4.78 is 33.7. The molecule has 142 valence electrons. The predicted octanol–water partition coefficient (Wildman–Crippen LogP) is 5.94. The van der Waals surface area contributed by atoms with E-state index in [0.717, 1.165) is 23.6 Å². The van der Waals surface area contributed by atoms with E-state index in [0.29, 0.717) is 35.3 Å². The molecule has 2 aromatic heterocycles. The summed E-state index contributed by atoms with van der Waals surface area (Å²) in [7, 11) is 0. The van der Waals surface area contributed by atoms with Crippen LogP contribution in [0.25, 0.3) is 22.0 Å². The Kier molecular flexibility index (Phi) is 5.68. The quantitative estimate of drug-likeness (QED) is 0.538. The zero-order valence-corrected chi connectivity index (χ0v) is 16.1. The van der Waals surface area contributed by atoms with E-state index >= 15 is 0 Å². The summed E-state index contributed by atoms with van der Waals surface area (Å²) >= 11 is 0. The Morgan fingerprint density at radius 2 is 1.85 bits per heavy atom. The first-order valence-corrected chi connectivity index (χ1v) is 9.18. The monoisotopic (exact) mass is 370 g/mol. The third-order valence-corrected chi connectivity index (χ3v) is 4.48. The van der Waals surface area contributed by atoms with Crippen LogP contribution in [0.3, 0.4) is 0 Å². The molecular weight excluding hydrogens is 346 g/mol. The SMILES string of the molecule is Cc1cc(-c2ccnc3cc(F)cc(F)c23)cnc1OC[C@@H](C)CC(C)C. The first-order chi connectivity index (χ1) is 12.8. The van der Waals surface area contributed by atoms with Gasteiger partial charge in [0.05, 0.1) is 12.1 Å². The molecule has 0 aliphatic rings. The van der Waals surface area contributed by atoms with Gasteiger partial charge < -0.3 is 4.74 Å². The Labute approximate surface area is 158 Å². The lowest BCUT2D eigenvalue weighted by atomic mass is 10.00. The van der Waals surface area contributed by atoms with E-state index in [1.165, 1.54) is 6.07 Å². The van der Waals surface area contributed by atoms with Gasteiger partial charge in [-0.3, -0.25) is 4.98 Å². The number of ether oxygens (including phenoxy) is 1. The van der Waals surface area contributed by atoms with Gasteiger partial charge in [-0.2, -0.15) is 0 Å². The van der Waals surface area contributed by atoms with E-state index in [1.54, 1.807) is 18.5 Å². The van der Waals surface area contributed by atoms with Crippen LogP contribution >= 0.6 is 0 Å². The van der Waals surface area contributed by atoms with Crippen LogP contribution in [0.4, 0.5) is 8.78 Å². The van der Waals surface area contributed by atoms with Gasteiger partial charge >= 0.3 is 0 Å². The van der Waals surface area contributed by atoms with Crippen LogP contribution in [0.1, 0.15) is 32.8 Å². The summed E-state index contributed by atoms with van der Waals surface area (Å²) in [5, 5.41) is 0.291. The third kappa shape index (κ3) is 4.41. The second-order valence-corrected chi connectivity index (χ2v) is 7.53. The number of halogens is 2. The number of nitrogens with zero attached hydrogens (tertiary/aromatic N) is 2. The van der Waals surface area contributed by atoms with E-state index in [9.17, 15) is 8.78 Å². The maximum absolute atomic E-state index is 14.4. The van der Waals surface area contributed by atoms with Crippen molar-refractivity contribution in [1.82, 2.24) is 9.97 Å². The summed E-state index contributed by atoms with van der Waals surface area (Å²) in [5.74, 6) is 0.379. The molecule has 0 aliphatic carbocycles. The number of rotatable bonds is 6. The number of aromatic nitrogens is 2. The Hall–Kier alpha value is -2.56. The number of benzene rings is 1. The van der Waals surface area contributed by atoms with Gasteiger partial charge in [-0.05, 0) is 42.9 Å². The van der Waals surface area contributed by atoms with Crippen LogP contribution in [0.2, 0.25) is 0 Å². The van der Waals surface area contributed by atoms with Crippen LogP contribution < -0.4 is 4.74 Å². The molecule has 0 amide bonds. The second kappa shape index (κ2) is 7.99. The molecule has 3 rings (SSSR count). The Bertz CT molecular complexity index is 956. The number of pyridine rings is 2. The molecule has 27 heavy (non-hydrogen) atoms. The van der Waals surface area contributed by atoms with E-state index in [4.69, 9.17) is 4.74 Å². The molecule has 0 saturated carbocycles. The molecule has 0 saturated heterocycles. The molecule has 0 fully saturated rings. The van der Waals surface area contributed by atoms with Gasteiger partial charge in [0.25, 0.3) is 0 Å². The van der Waals surface area contributed by atoms with Crippen molar-refractivity contribution in [3.63, 3.8) is 0 Å². The molecule has 0 aliphatic heterocycles. The van der Waals surface area contributed by atoms with Crippen LogP contribution in [0.5, 0.6) is 5.88 Å². The Morgan fingerprint density at radius 1 is 1.07 bits per heavy atom. The molecule has 1 atom stereocenters. The fraction of sp³-hybridized carbons (Fsp3) is 0.364. The Morgan fingerprint density at radius 3 is 2.56 bits per heavy atom. The van der Waals surface area contributed by atoms with Crippen molar-refractivity contribution in [3.05, 3.63) is 53.9 Å². The zero-order valence-electron chi connectivity index (χ0n) is 16.1. The molecule has 0 unspecified atom stereocenters. The molecular formula is C22H24F2N2O. The van der Waals surface area contributed by atoms with Gasteiger partial charge in [-0.15, -0.1) is 0 Å². The lowest BCUT2D eigenvalue weighted by Gasteiger charge is -2.16. The topological polar surface area (TPSA) is 35.0 Å². The molecule has 3 nitrogen and oxygen atoms in total. The molecule has 0 spiro atoms. The minimum Gasteiger partial charge on any atom is -0.477 e. The minimum absolute atomic E-state index is 0.283. The van der Waals surface area contributed by atoms with Crippen LogP contribution in [0.15, 0.2) is 36.7 Å². The normalized spacial score (nSPS) is 12.6. The van der Waals surface area contributed by atoms with E-state index < -0.39 is 11.6 Å². The summed E-state index contributed by atoms with van der Waals surface area (Å²) in [6, 6.07) is 5.73. The highest BCUT2D eigenvalue weighted by molar-refractivity contribution is 5.94. The van der Waals surface area contributed by atoms with E-state index in [-0.39, 0.29) is 5.52 Å². The van der Waals surface area contributed by atoms with Gasteiger partial charge in [0.2, 0.25) is 5.88 Å². The lowest BCUT2D eigenvalue weighted by Crippen LogP contribution is -2.12. The van der Waals surface area contributed by atoms with E-state index in [1.807, 2.05) is 13.0 Å². The van der Waals surface area contributed by atoms with Crippen molar-refractivity contribution in [2.24, 2.45) is 11.8 Å². The van der Waals surface area contributed by atoms with Crippen molar-refractivity contribution >= 4 is 10.9 Å². The highest BCUT2D eigenvalue weighted by Crippen LogP contribution is 2.31. The average Bonchev–Trinajstić information content (AvgIpc) is 2.59. The van der Waals surface area contributed by atoms with Gasteiger partial charge in [0.1, 0.15) is 11.6 Å². The van der Waals surface area contributed by atoms with Crippen LogP contribution in [-0.4, -0.2) is 16.6 Å². The van der Waals surface area contributed by atoms with Crippen LogP contribution in [-0.2, 0) is 0 Å². The predicted molar refractivity (Wildman–Crippen MR) is 104 cm³/mol. The number of aryl methyl sites for hydroxylation is 1. The summed E-state index contributed by atoms with van der Waals surface area (Å²) in [6.07, 6.45) is 4.30. The van der Waals surface area contributed by atoms with Crippen molar-refractivity contribution in [3.8, 4) is 17.0 Å². The summed E-state index contributed by atoms with van der Waals surface area (Å²) in [5.41, 5.74) is 2.53. The molecule has 3 aromatic rings. The van der Waals surface area contributed by atoms with Gasteiger partial charge in [-0.25, -0.2) is 13.8 Å². The average molecular weight is 370 g/mol. The minimum atomic E-state index is -0.641.